The van der Waals surface area contributed by atoms with E-state index in [1.165, 1.54) is 6.92 Å². The number of benzene rings is 1. The van der Waals surface area contributed by atoms with Crippen LogP contribution < -0.4 is 21.7 Å². The van der Waals surface area contributed by atoms with Crippen molar-refractivity contribution in [1.82, 2.24) is 16.0 Å². The van der Waals surface area contributed by atoms with Gasteiger partial charge in [-0.2, -0.15) is 12.6 Å². The summed E-state index contributed by atoms with van der Waals surface area (Å²) >= 11 is 3.89. The Kier molecular flexibility index (Phi) is 11.3. The smallest absolute Gasteiger partial charge is 0.327 e. The Morgan fingerprint density at radius 3 is 2.00 bits per heavy atom. The molecule has 12 nitrogen and oxygen atoms in total. The molecule has 5 unspecified atom stereocenters. The Balaban J connectivity index is 3.04. The predicted molar refractivity (Wildman–Crippen MR) is 119 cm³/mol. The van der Waals surface area contributed by atoms with Gasteiger partial charge in [0.25, 0.3) is 0 Å². The van der Waals surface area contributed by atoms with Gasteiger partial charge in [-0.15, -0.1) is 0 Å². The van der Waals surface area contributed by atoms with Crippen LogP contribution in [0.15, 0.2) is 30.3 Å². The summed E-state index contributed by atoms with van der Waals surface area (Å²) in [5.74, 6) is -5.58. The highest BCUT2D eigenvalue weighted by Gasteiger charge is 2.32. The van der Waals surface area contributed by atoms with Gasteiger partial charge < -0.3 is 37.0 Å². The third-order valence-corrected chi connectivity index (χ3v) is 4.87. The molecule has 1 aromatic carbocycles. The highest BCUT2D eigenvalue weighted by molar-refractivity contribution is 7.80. The molecule has 1 rings (SSSR count). The Morgan fingerprint density at radius 1 is 0.939 bits per heavy atom. The molecular formula is C20H28N4O8S. The maximum absolute atomic E-state index is 12.8. The number of nitrogens with two attached hydrogens (primary N) is 1. The van der Waals surface area contributed by atoms with Crippen molar-refractivity contribution in [2.45, 2.75) is 50.0 Å². The minimum absolute atomic E-state index is 0.0175. The van der Waals surface area contributed by atoms with Gasteiger partial charge in [0.2, 0.25) is 17.7 Å². The quantitative estimate of drug-likeness (QED) is 0.144. The van der Waals surface area contributed by atoms with Gasteiger partial charge in [0, 0.05) is 12.2 Å². The van der Waals surface area contributed by atoms with Crippen LogP contribution in [0.25, 0.3) is 0 Å². The first-order valence-electron chi connectivity index (χ1n) is 9.90. The van der Waals surface area contributed by atoms with Crippen LogP contribution in [0.1, 0.15) is 18.9 Å². The summed E-state index contributed by atoms with van der Waals surface area (Å²) in [5, 5.41) is 34.7. The van der Waals surface area contributed by atoms with Gasteiger partial charge in [-0.25, -0.2) is 4.79 Å². The first-order chi connectivity index (χ1) is 15.5. The van der Waals surface area contributed by atoms with Crippen LogP contribution >= 0.6 is 12.6 Å². The number of nitrogens with one attached hydrogen (secondary N) is 3. The summed E-state index contributed by atoms with van der Waals surface area (Å²) in [6.07, 6.45) is -2.13. The molecule has 0 saturated carbocycles. The first-order valence-corrected chi connectivity index (χ1v) is 10.5. The average Bonchev–Trinajstić information content (AvgIpc) is 2.74. The Bertz CT molecular complexity index is 852. The van der Waals surface area contributed by atoms with Gasteiger partial charge >= 0.3 is 11.9 Å². The lowest BCUT2D eigenvalue weighted by Gasteiger charge is -2.26. The number of carbonyl (C=O) groups excluding carboxylic acids is 3. The Labute approximate surface area is 195 Å². The molecule has 0 aromatic heterocycles. The zero-order valence-corrected chi connectivity index (χ0v) is 18.7. The van der Waals surface area contributed by atoms with Crippen LogP contribution in [0.2, 0.25) is 0 Å². The number of thiol groups is 1. The fourth-order valence-corrected chi connectivity index (χ4v) is 2.97. The molecule has 3 amide bonds. The number of aliphatic carboxylic acids is 2. The minimum atomic E-state index is -1.55. The lowest BCUT2D eigenvalue weighted by atomic mass is 10.0. The van der Waals surface area contributed by atoms with Gasteiger partial charge in [0.15, 0.2) is 0 Å². The monoisotopic (exact) mass is 484 g/mol. The van der Waals surface area contributed by atoms with E-state index in [1.807, 2.05) is 0 Å². The lowest BCUT2D eigenvalue weighted by Crippen LogP contribution is -2.60. The van der Waals surface area contributed by atoms with Gasteiger partial charge in [0.1, 0.15) is 18.1 Å². The maximum atomic E-state index is 12.8. The van der Waals surface area contributed by atoms with Gasteiger partial charge in [-0.05, 0) is 12.5 Å². The third-order valence-electron chi connectivity index (χ3n) is 4.51. The molecule has 0 aliphatic carbocycles. The normalized spacial score (nSPS) is 15.3. The number of hydrogen-bond acceptors (Lipinski definition) is 8. The second-order valence-electron chi connectivity index (χ2n) is 7.26. The fraction of sp³-hybridized carbons (Fsp3) is 0.450. The summed E-state index contributed by atoms with van der Waals surface area (Å²) in [6, 6.07) is 2.97. The summed E-state index contributed by atoms with van der Waals surface area (Å²) in [4.78, 5) is 59.7. The van der Waals surface area contributed by atoms with Crippen LogP contribution in [-0.4, -0.2) is 81.0 Å². The van der Waals surface area contributed by atoms with Crippen molar-refractivity contribution in [1.29, 1.82) is 0 Å². The molecule has 8 N–H and O–H groups in total. The molecule has 0 fully saturated rings. The van der Waals surface area contributed by atoms with Crippen molar-refractivity contribution in [3.8, 4) is 0 Å². The van der Waals surface area contributed by atoms with E-state index in [0.717, 1.165) is 0 Å². The molecule has 0 aliphatic heterocycles. The number of carboxylic acid groups (broad SMARTS) is 2. The third kappa shape index (κ3) is 9.47. The van der Waals surface area contributed by atoms with E-state index in [1.54, 1.807) is 30.3 Å². The Hall–Kier alpha value is -3.16. The van der Waals surface area contributed by atoms with Crippen LogP contribution in [0.4, 0.5) is 0 Å². The van der Waals surface area contributed by atoms with E-state index in [9.17, 15) is 29.1 Å². The number of hydrogen-bond donors (Lipinski definition) is 8. The van der Waals surface area contributed by atoms with Gasteiger partial charge in [-0.1, -0.05) is 30.3 Å². The van der Waals surface area contributed by atoms with E-state index in [2.05, 4.69) is 28.6 Å². The summed E-state index contributed by atoms with van der Waals surface area (Å²) in [6.45, 7) is 1.21. The summed E-state index contributed by atoms with van der Waals surface area (Å²) < 4.78 is 0. The second kappa shape index (κ2) is 13.4. The van der Waals surface area contributed by atoms with Crippen LogP contribution in [0, 0.1) is 0 Å². The molecule has 0 saturated heterocycles. The van der Waals surface area contributed by atoms with Crippen molar-refractivity contribution < 1.29 is 39.3 Å². The standard InChI is InChI=1S/C20H28N4O8S/c1-10(25)16(24-17(28)12(21)8-15(26)27)19(30)22-13(7-11-5-3-2-4-6-11)18(29)23-14(9-33)20(31)32/h2-6,10,12-14,16,25,33H,7-9,21H2,1H3,(H,22,30)(H,23,29)(H,24,28)(H,26,27)(H,31,32). The number of aliphatic hydroxyl groups is 1. The fourth-order valence-electron chi connectivity index (χ4n) is 2.72. The summed E-state index contributed by atoms with van der Waals surface area (Å²) in [7, 11) is 0. The number of amides is 3. The molecule has 13 heteroatoms. The highest BCUT2D eigenvalue weighted by atomic mass is 32.1. The first kappa shape index (κ1) is 27.9. The molecule has 0 heterocycles. The predicted octanol–water partition coefficient (Wildman–Crippen LogP) is -2.12. The van der Waals surface area contributed by atoms with E-state index in [0.29, 0.717) is 5.56 Å². The Morgan fingerprint density at radius 2 is 1.52 bits per heavy atom. The molecule has 33 heavy (non-hydrogen) atoms. The average molecular weight is 485 g/mol. The van der Waals surface area contributed by atoms with Crippen molar-refractivity contribution >= 4 is 42.3 Å². The topological polar surface area (TPSA) is 208 Å². The van der Waals surface area contributed by atoms with Gasteiger partial charge in [-0.3, -0.25) is 19.2 Å². The van der Waals surface area contributed by atoms with E-state index >= 15 is 0 Å². The van der Waals surface area contributed by atoms with E-state index < -0.39 is 66.4 Å². The van der Waals surface area contributed by atoms with Crippen LogP contribution in [0.5, 0.6) is 0 Å². The number of rotatable bonds is 13. The van der Waals surface area contributed by atoms with Crippen molar-refractivity contribution in [2.75, 3.05) is 5.75 Å². The molecular weight excluding hydrogens is 456 g/mol. The molecule has 0 aliphatic rings. The van der Waals surface area contributed by atoms with Crippen LogP contribution in [-0.2, 0) is 30.4 Å². The molecule has 182 valence electrons. The lowest BCUT2D eigenvalue weighted by molar-refractivity contribution is -0.141. The maximum Gasteiger partial charge on any atom is 0.327 e. The minimum Gasteiger partial charge on any atom is -0.481 e. The van der Waals surface area contributed by atoms with E-state index in [-0.39, 0.29) is 12.2 Å². The number of carboxylic acids is 2. The van der Waals surface area contributed by atoms with Crippen molar-refractivity contribution in [2.24, 2.45) is 5.73 Å². The molecule has 5 atom stereocenters. The van der Waals surface area contributed by atoms with Crippen molar-refractivity contribution in [3.63, 3.8) is 0 Å². The number of aliphatic hydroxyl groups excluding tert-OH is 1. The molecule has 0 radical (unpaired) electrons. The second-order valence-corrected chi connectivity index (χ2v) is 7.63. The molecule has 1 aromatic rings. The van der Waals surface area contributed by atoms with E-state index in [4.69, 9.17) is 15.9 Å². The highest BCUT2D eigenvalue weighted by Crippen LogP contribution is 2.06. The number of carbonyl (C=O) groups is 5. The summed E-state index contributed by atoms with van der Waals surface area (Å²) in [5.41, 5.74) is 6.13. The molecule has 0 bridgehead atoms. The van der Waals surface area contributed by atoms with Crippen LogP contribution in [0.3, 0.4) is 0 Å². The molecule has 0 spiro atoms. The SMILES string of the molecule is CC(O)C(NC(=O)C(N)CC(=O)O)C(=O)NC(Cc1ccccc1)C(=O)NC(CS)C(=O)O. The van der Waals surface area contributed by atoms with Gasteiger partial charge in [0.05, 0.1) is 18.6 Å². The van der Waals surface area contributed by atoms with Crippen molar-refractivity contribution in [3.05, 3.63) is 35.9 Å². The largest absolute Gasteiger partial charge is 0.481 e. The zero-order chi connectivity index (χ0) is 25.1. The zero-order valence-electron chi connectivity index (χ0n) is 17.8.